The first-order valence-corrected chi connectivity index (χ1v) is 6.04. The summed E-state index contributed by atoms with van der Waals surface area (Å²) in [5.74, 6) is -0.904. The first-order valence-electron chi connectivity index (χ1n) is 6.04. The second kappa shape index (κ2) is 6.10. The van der Waals surface area contributed by atoms with E-state index in [-0.39, 0.29) is 17.6 Å². The van der Waals surface area contributed by atoms with Gasteiger partial charge in [-0.1, -0.05) is 24.3 Å². The van der Waals surface area contributed by atoms with Gasteiger partial charge in [0.25, 0.3) is 6.43 Å². The van der Waals surface area contributed by atoms with E-state index in [9.17, 15) is 13.6 Å². The molecule has 0 fully saturated rings. The quantitative estimate of drug-likeness (QED) is 0.893. The number of rotatable bonds is 5. The number of carbonyl (C=O) groups is 1. The predicted octanol–water partition coefficient (Wildman–Crippen LogP) is 3.31. The van der Waals surface area contributed by atoms with Crippen LogP contribution in [0.1, 0.15) is 38.3 Å². The first kappa shape index (κ1) is 15.6. The molecule has 0 unspecified atom stereocenters. The molecule has 0 aliphatic heterocycles. The van der Waals surface area contributed by atoms with E-state index in [1.807, 2.05) is 20.8 Å². The molecule has 106 valence electrons. The molecule has 19 heavy (non-hydrogen) atoms. The van der Waals surface area contributed by atoms with E-state index in [2.05, 4.69) is 0 Å². The van der Waals surface area contributed by atoms with Crippen molar-refractivity contribution in [2.75, 3.05) is 6.54 Å². The van der Waals surface area contributed by atoms with Crippen molar-refractivity contribution in [3.8, 4) is 0 Å². The smallest absolute Gasteiger partial charge is 0.317 e. The molecular formula is C14H19F2NO2. The minimum atomic E-state index is -2.48. The minimum absolute atomic E-state index is 0.0238. The van der Waals surface area contributed by atoms with Crippen LogP contribution in [0, 0.1) is 0 Å². The SMILES string of the molecule is CC(C)(C)N(CC(=O)O)Cc1ccc(C(F)F)cc1. The summed E-state index contributed by atoms with van der Waals surface area (Å²) >= 11 is 0. The van der Waals surface area contributed by atoms with Crippen molar-refractivity contribution < 1.29 is 18.7 Å². The van der Waals surface area contributed by atoms with Crippen LogP contribution in [-0.2, 0) is 11.3 Å². The van der Waals surface area contributed by atoms with Crippen LogP contribution in [0.25, 0.3) is 0 Å². The van der Waals surface area contributed by atoms with Gasteiger partial charge >= 0.3 is 5.97 Å². The number of hydrogen-bond acceptors (Lipinski definition) is 2. The summed E-state index contributed by atoms with van der Waals surface area (Å²) in [5.41, 5.74) is 0.490. The van der Waals surface area contributed by atoms with Crippen molar-refractivity contribution in [1.82, 2.24) is 4.90 Å². The van der Waals surface area contributed by atoms with Gasteiger partial charge in [-0.3, -0.25) is 9.69 Å². The summed E-state index contributed by atoms with van der Waals surface area (Å²) in [6, 6.07) is 5.98. The van der Waals surface area contributed by atoms with Gasteiger partial charge in [-0.2, -0.15) is 0 Å². The number of benzene rings is 1. The van der Waals surface area contributed by atoms with E-state index in [1.54, 1.807) is 17.0 Å². The third-order valence-electron chi connectivity index (χ3n) is 2.88. The molecule has 0 aromatic heterocycles. The van der Waals surface area contributed by atoms with Gasteiger partial charge in [0.05, 0.1) is 6.54 Å². The fraction of sp³-hybridized carbons (Fsp3) is 0.500. The van der Waals surface area contributed by atoms with E-state index in [4.69, 9.17) is 5.11 Å². The Morgan fingerprint density at radius 1 is 1.26 bits per heavy atom. The third kappa shape index (κ3) is 4.95. The molecular weight excluding hydrogens is 252 g/mol. The number of carboxylic acid groups (broad SMARTS) is 1. The second-order valence-electron chi connectivity index (χ2n) is 5.46. The second-order valence-corrected chi connectivity index (χ2v) is 5.46. The highest BCUT2D eigenvalue weighted by molar-refractivity contribution is 5.69. The number of carboxylic acids is 1. The van der Waals surface area contributed by atoms with E-state index in [0.29, 0.717) is 6.54 Å². The highest BCUT2D eigenvalue weighted by atomic mass is 19.3. The van der Waals surface area contributed by atoms with Crippen LogP contribution in [0.5, 0.6) is 0 Å². The normalized spacial score (nSPS) is 12.2. The van der Waals surface area contributed by atoms with E-state index >= 15 is 0 Å². The van der Waals surface area contributed by atoms with Crippen molar-refractivity contribution in [3.05, 3.63) is 35.4 Å². The maximum absolute atomic E-state index is 12.4. The molecule has 5 heteroatoms. The van der Waals surface area contributed by atoms with Crippen LogP contribution < -0.4 is 0 Å². The minimum Gasteiger partial charge on any atom is -0.480 e. The third-order valence-corrected chi connectivity index (χ3v) is 2.88. The summed E-state index contributed by atoms with van der Waals surface area (Å²) in [6.45, 7) is 6.09. The zero-order valence-electron chi connectivity index (χ0n) is 11.4. The largest absolute Gasteiger partial charge is 0.480 e. The van der Waals surface area contributed by atoms with Crippen LogP contribution in [-0.4, -0.2) is 28.1 Å². The number of hydrogen-bond donors (Lipinski definition) is 1. The number of aliphatic carboxylic acids is 1. The lowest BCUT2D eigenvalue weighted by Crippen LogP contribution is -2.43. The lowest BCUT2D eigenvalue weighted by Gasteiger charge is -2.34. The lowest BCUT2D eigenvalue weighted by atomic mass is 10.0. The van der Waals surface area contributed by atoms with Gasteiger partial charge in [0.1, 0.15) is 0 Å². The fourth-order valence-corrected chi connectivity index (χ4v) is 1.68. The first-order chi connectivity index (χ1) is 8.70. The van der Waals surface area contributed by atoms with Crippen molar-refractivity contribution >= 4 is 5.97 Å². The van der Waals surface area contributed by atoms with Gasteiger partial charge in [-0.25, -0.2) is 8.78 Å². The van der Waals surface area contributed by atoms with Crippen LogP contribution in [0.4, 0.5) is 8.78 Å². The van der Waals surface area contributed by atoms with Crippen LogP contribution >= 0.6 is 0 Å². The van der Waals surface area contributed by atoms with Gasteiger partial charge in [-0.05, 0) is 26.3 Å². The van der Waals surface area contributed by atoms with Crippen LogP contribution in [0.2, 0.25) is 0 Å². The molecule has 1 rings (SSSR count). The molecule has 0 spiro atoms. The molecule has 0 atom stereocenters. The Hall–Kier alpha value is -1.49. The van der Waals surface area contributed by atoms with Crippen LogP contribution in [0.3, 0.4) is 0 Å². The lowest BCUT2D eigenvalue weighted by molar-refractivity contribution is -0.139. The monoisotopic (exact) mass is 271 g/mol. The van der Waals surface area contributed by atoms with E-state index in [0.717, 1.165) is 5.56 Å². The number of halogens is 2. The Labute approximate surface area is 111 Å². The average molecular weight is 271 g/mol. The topological polar surface area (TPSA) is 40.5 Å². The predicted molar refractivity (Wildman–Crippen MR) is 69.2 cm³/mol. The van der Waals surface area contributed by atoms with Crippen LogP contribution in [0.15, 0.2) is 24.3 Å². The highest BCUT2D eigenvalue weighted by Gasteiger charge is 2.23. The summed E-state index contributed by atoms with van der Waals surface area (Å²) in [6.07, 6.45) is -2.48. The Balaban J connectivity index is 2.81. The molecule has 0 bridgehead atoms. The van der Waals surface area contributed by atoms with Gasteiger partial charge in [0, 0.05) is 17.6 Å². The fourth-order valence-electron chi connectivity index (χ4n) is 1.68. The summed E-state index contributed by atoms with van der Waals surface area (Å²) in [4.78, 5) is 12.6. The Bertz CT molecular complexity index is 424. The van der Waals surface area contributed by atoms with Gasteiger partial charge in [0.15, 0.2) is 0 Å². The summed E-state index contributed by atoms with van der Waals surface area (Å²) in [5, 5.41) is 8.90. The summed E-state index contributed by atoms with van der Waals surface area (Å²) in [7, 11) is 0. The average Bonchev–Trinajstić information content (AvgIpc) is 2.27. The van der Waals surface area contributed by atoms with Crippen molar-refractivity contribution in [3.63, 3.8) is 0 Å². The molecule has 0 radical (unpaired) electrons. The Kier molecular flexibility index (Phi) is 5.00. The molecule has 1 aromatic rings. The zero-order valence-corrected chi connectivity index (χ0v) is 11.4. The molecule has 0 aliphatic rings. The van der Waals surface area contributed by atoms with Gasteiger partial charge < -0.3 is 5.11 Å². The molecule has 0 saturated carbocycles. The Morgan fingerprint density at radius 2 is 1.79 bits per heavy atom. The molecule has 0 saturated heterocycles. The molecule has 1 aromatic carbocycles. The van der Waals surface area contributed by atoms with Gasteiger partial charge in [-0.15, -0.1) is 0 Å². The highest BCUT2D eigenvalue weighted by Crippen LogP contribution is 2.21. The molecule has 1 N–H and O–H groups in total. The molecule has 0 heterocycles. The van der Waals surface area contributed by atoms with Gasteiger partial charge in [0.2, 0.25) is 0 Å². The number of nitrogens with zero attached hydrogens (tertiary/aromatic N) is 1. The standard InChI is InChI=1S/C14H19F2NO2/c1-14(2,3)17(9-12(18)19)8-10-4-6-11(7-5-10)13(15)16/h4-7,13H,8-9H2,1-3H3,(H,18,19). The maximum Gasteiger partial charge on any atom is 0.317 e. The molecule has 0 aliphatic carbocycles. The number of alkyl halides is 2. The van der Waals surface area contributed by atoms with Crippen molar-refractivity contribution in [2.24, 2.45) is 0 Å². The van der Waals surface area contributed by atoms with E-state index in [1.165, 1.54) is 12.1 Å². The van der Waals surface area contributed by atoms with Crippen molar-refractivity contribution in [2.45, 2.75) is 39.3 Å². The zero-order chi connectivity index (χ0) is 14.6. The molecule has 3 nitrogen and oxygen atoms in total. The maximum atomic E-state index is 12.4. The van der Waals surface area contributed by atoms with Crippen molar-refractivity contribution in [1.29, 1.82) is 0 Å². The Morgan fingerprint density at radius 3 is 2.16 bits per heavy atom. The summed E-state index contributed by atoms with van der Waals surface area (Å²) < 4.78 is 24.9. The van der Waals surface area contributed by atoms with E-state index < -0.39 is 12.4 Å². The molecule has 0 amide bonds.